The second-order valence-corrected chi connectivity index (χ2v) is 6.72. The van der Waals surface area contributed by atoms with Crippen LogP contribution in [-0.4, -0.2) is 9.55 Å². The molecule has 2 nitrogen and oxygen atoms in total. The number of para-hydroxylation sites is 1. The fourth-order valence-electron chi connectivity index (χ4n) is 3.96. The minimum absolute atomic E-state index is 1.10. The highest BCUT2D eigenvalue weighted by Gasteiger charge is 2.14. The third-order valence-corrected chi connectivity index (χ3v) is 5.16. The summed E-state index contributed by atoms with van der Waals surface area (Å²) in [6, 6.07) is 13.3. The highest BCUT2D eigenvalue weighted by Crippen LogP contribution is 2.35. The Hall–Kier alpha value is -2.35. The van der Waals surface area contributed by atoms with Gasteiger partial charge in [0.2, 0.25) is 0 Å². The number of hydrogen-bond donors (Lipinski definition) is 0. The minimum atomic E-state index is 1.10. The number of unbranched alkanes of at least 4 members (excludes halogenated alkanes) is 3. The van der Waals surface area contributed by atoms with E-state index in [0.717, 1.165) is 6.54 Å². The van der Waals surface area contributed by atoms with Crippen LogP contribution in [0.1, 0.15) is 38.2 Å². The summed E-state index contributed by atoms with van der Waals surface area (Å²) in [6.07, 6.45) is 9.04. The molecule has 0 radical (unpaired) electrons. The smallest absolute Gasteiger partial charge is 0.0527 e. The molecule has 4 aromatic rings. The number of hydrogen-bond acceptors (Lipinski definition) is 1. The van der Waals surface area contributed by atoms with Crippen molar-refractivity contribution in [3.05, 3.63) is 54.4 Å². The van der Waals surface area contributed by atoms with Crippen molar-refractivity contribution >= 4 is 32.6 Å². The van der Waals surface area contributed by atoms with Crippen LogP contribution in [0.2, 0.25) is 0 Å². The van der Waals surface area contributed by atoms with Gasteiger partial charge in [0.25, 0.3) is 0 Å². The highest BCUT2D eigenvalue weighted by molar-refractivity contribution is 6.14. The molecule has 0 fully saturated rings. The summed E-state index contributed by atoms with van der Waals surface area (Å²) in [5.41, 5.74) is 4.12. The zero-order valence-electron chi connectivity index (χ0n) is 14.5. The van der Waals surface area contributed by atoms with Gasteiger partial charge in [-0.15, -0.1) is 0 Å². The fraction of sp³-hybridized carbons (Fsp3) is 0.318. The largest absolute Gasteiger partial charge is 0.340 e. The fourth-order valence-corrected chi connectivity index (χ4v) is 3.96. The van der Waals surface area contributed by atoms with Crippen molar-refractivity contribution in [2.45, 2.75) is 46.1 Å². The summed E-state index contributed by atoms with van der Waals surface area (Å²) in [4.78, 5) is 4.31. The Labute approximate surface area is 143 Å². The van der Waals surface area contributed by atoms with E-state index in [0.29, 0.717) is 0 Å². The van der Waals surface area contributed by atoms with Gasteiger partial charge in [0.1, 0.15) is 0 Å². The SMILES string of the molecule is CCCCCCn1c2ccccc2c2cc3cnccc3c(C)c21. The third-order valence-electron chi connectivity index (χ3n) is 5.16. The van der Waals surface area contributed by atoms with Crippen LogP contribution < -0.4 is 0 Å². The summed E-state index contributed by atoms with van der Waals surface area (Å²) in [6.45, 7) is 5.62. The first kappa shape index (κ1) is 15.2. The van der Waals surface area contributed by atoms with Crippen molar-refractivity contribution in [3.63, 3.8) is 0 Å². The van der Waals surface area contributed by atoms with Gasteiger partial charge in [0.05, 0.1) is 5.52 Å². The average molecular weight is 316 g/mol. The second-order valence-electron chi connectivity index (χ2n) is 6.72. The van der Waals surface area contributed by atoms with Crippen molar-refractivity contribution in [3.8, 4) is 0 Å². The number of pyridine rings is 1. The summed E-state index contributed by atoms with van der Waals surface area (Å²) >= 11 is 0. The maximum Gasteiger partial charge on any atom is 0.0527 e. The summed E-state index contributed by atoms with van der Waals surface area (Å²) in [7, 11) is 0. The first-order valence-electron chi connectivity index (χ1n) is 9.05. The Bertz CT molecular complexity index is 1010. The predicted octanol–water partition coefficient (Wildman–Crippen LogP) is 6.23. The van der Waals surface area contributed by atoms with Crippen molar-refractivity contribution in [2.24, 2.45) is 0 Å². The first-order valence-corrected chi connectivity index (χ1v) is 9.05. The van der Waals surface area contributed by atoms with E-state index in [1.165, 1.54) is 63.8 Å². The van der Waals surface area contributed by atoms with Gasteiger partial charge in [-0.3, -0.25) is 4.98 Å². The molecule has 0 spiro atoms. The standard InChI is InChI=1S/C22H24N2/c1-3-4-5-8-13-24-21-10-7-6-9-19(21)20-14-17-15-23-12-11-18(17)16(2)22(20)24/h6-7,9-12,14-15H,3-5,8,13H2,1-2H3. The maximum absolute atomic E-state index is 4.31. The molecular weight excluding hydrogens is 292 g/mol. The highest BCUT2D eigenvalue weighted by atomic mass is 15.0. The molecule has 0 aliphatic rings. The van der Waals surface area contributed by atoms with E-state index in [1.807, 2.05) is 12.4 Å². The normalized spacial score (nSPS) is 11.8. The van der Waals surface area contributed by atoms with Gasteiger partial charge in [-0.2, -0.15) is 0 Å². The number of aryl methyl sites for hydroxylation is 2. The zero-order chi connectivity index (χ0) is 16.5. The topological polar surface area (TPSA) is 17.8 Å². The molecule has 0 unspecified atom stereocenters. The molecule has 4 rings (SSSR count). The second kappa shape index (κ2) is 6.27. The van der Waals surface area contributed by atoms with Crippen LogP contribution in [0.3, 0.4) is 0 Å². The summed E-state index contributed by atoms with van der Waals surface area (Å²) in [5, 5.41) is 5.27. The molecule has 2 aromatic heterocycles. The van der Waals surface area contributed by atoms with Crippen LogP contribution in [0.5, 0.6) is 0 Å². The van der Waals surface area contributed by atoms with Crippen LogP contribution in [0.25, 0.3) is 32.6 Å². The molecule has 0 saturated heterocycles. The number of aromatic nitrogens is 2. The van der Waals surface area contributed by atoms with E-state index in [2.05, 4.69) is 59.8 Å². The van der Waals surface area contributed by atoms with Gasteiger partial charge in [-0.25, -0.2) is 0 Å². The first-order chi connectivity index (χ1) is 11.8. The van der Waals surface area contributed by atoms with Crippen LogP contribution in [0.4, 0.5) is 0 Å². The quantitative estimate of drug-likeness (QED) is 0.399. The number of fused-ring (bicyclic) bond motifs is 4. The van der Waals surface area contributed by atoms with Gasteiger partial charge in [-0.1, -0.05) is 44.4 Å². The summed E-state index contributed by atoms with van der Waals surface area (Å²) < 4.78 is 2.54. The van der Waals surface area contributed by atoms with Crippen molar-refractivity contribution < 1.29 is 0 Å². The molecule has 2 heteroatoms. The van der Waals surface area contributed by atoms with E-state index >= 15 is 0 Å². The molecule has 2 heterocycles. The van der Waals surface area contributed by atoms with Gasteiger partial charge in [-0.05, 0) is 42.5 Å². The van der Waals surface area contributed by atoms with Crippen molar-refractivity contribution in [1.82, 2.24) is 9.55 Å². The number of nitrogens with zero attached hydrogens (tertiary/aromatic N) is 2. The van der Waals surface area contributed by atoms with E-state index in [4.69, 9.17) is 0 Å². The van der Waals surface area contributed by atoms with Gasteiger partial charge < -0.3 is 4.57 Å². The lowest BCUT2D eigenvalue weighted by atomic mass is 10.0. The molecule has 24 heavy (non-hydrogen) atoms. The monoisotopic (exact) mass is 316 g/mol. The Morgan fingerprint density at radius 1 is 0.958 bits per heavy atom. The molecule has 0 N–H and O–H groups in total. The molecule has 0 aliphatic heterocycles. The predicted molar refractivity (Wildman–Crippen MR) is 104 cm³/mol. The molecule has 0 bridgehead atoms. The molecule has 0 saturated carbocycles. The Morgan fingerprint density at radius 2 is 1.83 bits per heavy atom. The third kappa shape index (κ3) is 2.37. The molecule has 0 atom stereocenters. The van der Waals surface area contributed by atoms with Crippen LogP contribution in [0, 0.1) is 6.92 Å². The van der Waals surface area contributed by atoms with E-state index < -0.39 is 0 Å². The maximum atomic E-state index is 4.31. The van der Waals surface area contributed by atoms with Crippen molar-refractivity contribution in [1.29, 1.82) is 0 Å². The van der Waals surface area contributed by atoms with Gasteiger partial charge >= 0.3 is 0 Å². The van der Waals surface area contributed by atoms with Crippen LogP contribution in [-0.2, 0) is 6.54 Å². The Morgan fingerprint density at radius 3 is 2.71 bits per heavy atom. The van der Waals surface area contributed by atoms with Crippen LogP contribution in [0.15, 0.2) is 48.8 Å². The van der Waals surface area contributed by atoms with E-state index in [1.54, 1.807) is 0 Å². The number of rotatable bonds is 5. The minimum Gasteiger partial charge on any atom is -0.340 e. The molecular formula is C22H24N2. The number of benzene rings is 2. The Balaban J connectivity index is 1.98. The lowest BCUT2D eigenvalue weighted by molar-refractivity contribution is 0.602. The van der Waals surface area contributed by atoms with Crippen LogP contribution >= 0.6 is 0 Å². The molecule has 0 amide bonds. The zero-order valence-corrected chi connectivity index (χ0v) is 14.5. The Kier molecular flexibility index (Phi) is 3.97. The van der Waals surface area contributed by atoms with E-state index in [-0.39, 0.29) is 0 Å². The summed E-state index contributed by atoms with van der Waals surface area (Å²) in [5.74, 6) is 0. The molecule has 122 valence electrons. The van der Waals surface area contributed by atoms with Crippen molar-refractivity contribution in [2.75, 3.05) is 0 Å². The lowest BCUT2D eigenvalue weighted by Crippen LogP contribution is -1.99. The van der Waals surface area contributed by atoms with E-state index in [9.17, 15) is 0 Å². The van der Waals surface area contributed by atoms with Gasteiger partial charge in [0, 0.05) is 40.6 Å². The molecule has 0 aliphatic carbocycles. The van der Waals surface area contributed by atoms with Gasteiger partial charge in [0.15, 0.2) is 0 Å². The molecule has 2 aromatic carbocycles. The lowest BCUT2D eigenvalue weighted by Gasteiger charge is -2.11. The average Bonchev–Trinajstić information content (AvgIpc) is 2.93.